The first-order valence-corrected chi connectivity index (χ1v) is 11.4. The molecular weight excluding hydrogens is 420 g/mol. The molecule has 0 radical (unpaired) electrons. The van der Waals surface area contributed by atoms with Crippen LogP contribution in [-0.4, -0.2) is 77.8 Å². The molecule has 8 nitrogen and oxygen atoms in total. The van der Waals surface area contributed by atoms with E-state index in [9.17, 15) is 14.4 Å². The van der Waals surface area contributed by atoms with E-state index in [-0.39, 0.29) is 24.3 Å². The number of ether oxygens (including phenoxy) is 1. The standard InChI is InChI=1S/C25H34N4O4/c1-6-33-25(32)22-17(3)23(26-18(22)4)24(31)19(5)29-13-11-28(12-14-29)15-21(30)27-20-9-7-16(2)8-10-20/h7-10,19,26H,6,11-15H2,1-5H3,(H,27,30). The van der Waals surface area contributed by atoms with Gasteiger partial charge >= 0.3 is 5.97 Å². The van der Waals surface area contributed by atoms with Crippen LogP contribution in [0.4, 0.5) is 5.69 Å². The lowest BCUT2D eigenvalue weighted by molar-refractivity contribution is -0.117. The fourth-order valence-electron chi connectivity index (χ4n) is 4.23. The monoisotopic (exact) mass is 454 g/mol. The first-order valence-electron chi connectivity index (χ1n) is 11.4. The number of anilines is 1. The number of aromatic nitrogens is 1. The molecule has 178 valence electrons. The van der Waals surface area contributed by atoms with Crippen LogP contribution < -0.4 is 5.32 Å². The number of amides is 1. The summed E-state index contributed by atoms with van der Waals surface area (Å²) in [7, 11) is 0. The molecule has 0 spiro atoms. The average Bonchev–Trinajstić information content (AvgIpc) is 3.09. The maximum atomic E-state index is 13.2. The SMILES string of the molecule is CCOC(=O)c1c(C)[nH]c(C(=O)C(C)N2CCN(CC(=O)Nc3ccc(C)cc3)CC2)c1C. The molecule has 2 aromatic rings. The number of piperazine rings is 1. The van der Waals surface area contributed by atoms with Crippen LogP contribution in [0.25, 0.3) is 0 Å². The van der Waals surface area contributed by atoms with Gasteiger partial charge in [0.25, 0.3) is 0 Å². The zero-order valence-electron chi connectivity index (χ0n) is 20.2. The van der Waals surface area contributed by atoms with Gasteiger partial charge in [-0.1, -0.05) is 17.7 Å². The number of benzene rings is 1. The van der Waals surface area contributed by atoms with Gasteiger partial charge in [0.2, 0.25) is 5.91 Å². The van der Waals surface area contributed by atoms with Crippen molar-refractivity contribution in [1.82, 2.24) is 14.8 Å². The van der Waals surface area contributed by atoms with Gasteiger partial charge in [0.05, 0.1) is 30.5 Å². The van der Waals surface area contributed by atoms with Crippen molar-refractivity contribution in [3.63, 3.8) is 0 Å². The van der Waals surface area contributed by atoms with Crippen molar-refractivity contribution < 1.29 is 19.1 Å². The van der Waals surface area contributed by atoms with Crippen LogP contribution in [0, 0.1) is 20.8 Å². The Morgan fingerprint density at radius 2 is 1.70 bits per heavy atom. The topological polar surface area (TPSA) is 94.7 Å². The van der Waals surface area contributed by atoms with E-state index in [1.54, 1.807) is 20.8 Å². The number of Topliss-reactive ketones (excluding diaryl/α,β-unsaturated/α-hetero) is 1. The normalized spacial score (nSPS) is 15.8. The summed E-state index contributed by atoms with van der Waals surface area (Å²) in [6, 6.07) is 7.40. The number of hydrogen-bond donors (Lipinski definition) is 2. The van der Waals surface area contributed by atoms with E-state index in [2.05, 4.69) is 20.1 Å². The van der Waals surface area contributed by atoms with Crippen LogP contribution in [0.15, 0.2) is 24.3 Å². The summed E-state index contributed by atoms with van der Waals surface area (Å²) >= 11 is 0. The molecule has 1 fully saturated rings. The molecule has 1 amide bonds. The molecule has 2 heterocycles. The Labute approximate surface area is 195 Å². The molecule has 2 N–H and O–H groups in total. The smallest absolute Gasteiger partial charge is 0.340 e. The zero-order valence-corrected chi connectivity index (χ0v) is 20.2. The molecule has 0 aliphatic carbocycles. The second-order valence-corrected chi connectivity index (χ2v) is 8.61. The first kappa shape index (κ1) is 24.7. The average molecular weight is 455 g/mol. The van der Waals surface area contributed by atoms with Gasteiger partial charge in [0.1, 0.15) is 0 Å². The Hall–Kier alpha value is -2.97. The van der Waals surface area contributed by atoms with Crippen LogP contribution in [0.5, 0.6) is 0 Å². The van der Waals surface area contributed by atoms with Crippen LogP contribution in [-0.2, 0) is 9.53 Å². The number of ketones is 1. The molecule has 1 aromatic carbocycles. The van der Waals surface area contributed by atoms with Crippen LogP contribution in [0.2, 0.25) is 0 Å². The fraction of sp³-hybridized carbons (Fsp3) is 0.480. The van der Waals surface area contributed by atoms with Gasteiger partial charge in [-0.05, 0) is 52.3 Å². The molecule has 33 heavy (non-hydrogen) atoms. The molecule has 0 saturated carbocycles. The van der Waals surface area contributed by atoms with Gasteiger partial charge < -0.3 is 15.0 Å². The summed E-state index contributed by atoms with van der Waals surface area (Å²) in [5.41, 5.74) is 4.12. The predicted octanol–water partition coefficient (Wildman–Crippen LogP) is 2.94. The van der Waals surface area contributed by atoms with Gasteiger partial charge in [-0.15, -0.1) is 0 Å². The van der Waals surface area contributed by atoms with Crippen molar-refractivity contribution in [2.75, 3.05) is 44.6 Å². The molecule has 1 aromatic heterocycles. The number of carbonyl (C=O) groups excluding carboxylic acids is 3. The van der Waals surface area contributed by atoms with Gasteiger partial charge in [-0.2, -0.15) is 0 Å². The highest BCUT2D eigenvalue weighted by molar-refractivity contribution is 6.03. The van der Waals surface area contributed by atoms with Gasteiger partial charge in [0.15, 0.2) is 5.78 Å². The third-order valence-electron chi connectivity index (χ3n) is 6.20. The highest BCUT2D eigenvalue weighted by Crippen LogP contribution is 2.22. The molecule has 8 heteroatoms. The first-order chi connectivity index (χ1) is 15.7. The van der Waals surface area contributed by atoms with Gasteiger partial charge in [-0.3, -0.25) is 19.4 Å². The lowest BCUT2D eigenvalue weighted by Gasteiger charge is -2.37. The second kappa shape index (κ2) is 10.8. The maximum Gasteiger partial charge on any atom is 0.340 e. The van der Waals surface area contributed by atoms with Crippen molar-refractivity contribution in [3.8, 4) is 0 Å². The van der Waals surface area contributed by atoms with Gasteiger partial charge in [-0.25, -0.2) is 4.79 Å². The Bertz CT molecular complexity index is 1000. The molecule has 0 bridgehead atoms. The summed E-state index contributed by atoms with van der Waals surface area (Å²) in [6.45, 7) is 12.6. The Morgan fingerprint density at radius 1 is 1.06 bits per heavy atom. The molecular formula is C25H34N4O4. The summed E-state index contributed by atoms with van der Waals surface area (Å²) in [6.07, 6.45) is 0. The third kappa shape index (κ3) is 5.89. The minimum atomic E-state index is -0.409. The summed E-state index contributed by atoms with van der Waals surface area (Å²) in [4.78, 5) is 45.1. The highest BCUT2D eigenvalue weighted by Gasteiger charge is 2.30. The summed E-state index contributed by atoms with van der Waals surface area (Å²) in [5.74, 6) is -0.495. The molecule has 1 saturated heterocycles. The number of aromatic amines is 1. The Morgan fingerprint density at radius 3 is 2.30 bits per heavy atom. The van der Waals surface area contributed by atoms with Crippen LogP contribution in [0.1, 0.15) is 51.5 Å². The molecule has 1 unspecified atom stereocenters. The van der Waals surface area contributed by atoms with Crippen molar-refractivity contribution in [2.45, 2.75) is 40.7 Å². The van der Waals surface area contributed by atoms with Gasteiger partial charge in [0, 0.05) is 37.6 Å². The van der Waals surface area contributed by atoms with Crippen molar-refractivity contribution >= 4 is 23.3 Å². The number of rotatable bonds is 8. The van der Waals surface area contributed by atoms with Crippen LogP contribution in [0.3, 0.4) is 0 Å². The van der Waals surface area contributed by atoms with E-state index in [0.29, 0.717) is 55.2 Å². The second-order valence-electron chi connectivity index (χ2n) is 8.61. The maximum absolute atomic E-state index is 13.2. The van der Waals surface area contributed by atoms with E-state index in [4.69, 9.17) is 4.74 Å². The van der Waals surface area contributed by atoms with E-state index in [1.165, 1.54) is 0 Å². The zero-order chi connectivity index (χ0) is 24.1. The third-order valence-corrected chi connectivity index (χ3v) is 6.20. The molecule has 1 aliphatic heterocycles. The van der Waals surface area contributed by atoms with E-state index in [1.807, 2.05) is 38.1 Å². The van der Waals surface area contributed by atoms with Crippen LogP contribution >= 0.6 is 0 Å². The number of nitrogens with zero attached hydrogens (tertiary/aromatic N) is 2. The quantitative estimate of drug-likeness (QED) is 0.470. The van der Waals surface area contributed by atoms with E-state index < -0.39 is 5.97 Å². The van der Waals surface area contributed by atoms with E-state index in [0.717, 1.165) is 11.3 Å². The summed E-state index contributed by atoms with van der Waals surface area (Å²) in [5, 5.41) is 2.93. The molecule has 3 rings (SSSR count). The minimum absolute atomic E-state index is 0.0413. The highest BCUT2D eigenvalue weighted by atomic mass is 16.5. The number of carbonyl (C=O) groups is 3. The van der Waals surface area contributed by atoms with Crippen molar-refractivity contribution in [1.29, 1.82) is 0 Å². The van der Waals surface area contributed by atoms with Crippen molar-refractivity contribution in [2.24, 2.45) is 0 Å². The number of hydrogen-bond acceptors (Lipinski definition) is 6. The number of H-pyrrole nitrogens is 1. The predicted molar refractivity (Wildman–Crippen MR) is 128 cm³/mol. The minimum Gasteiger partial charge on any atom is -0.462 e. The van der Waals surface area contributed by atoms with Crippen molar-refractivity contribution in [3.05, 3.63) is 52.3 Å². The largest absolute Gasteiger partial charge is 0.462 e. The lowest BCUT2D eigenvalue weighted by atomic mass is 10.0. The lowest BCUT2D eigenvalue weighted by Crippen LogP contribution is -2.53. The Kier molecular flexibility index (Phi) is 8.05. The summed E-state index contributed by atoms with van der Waals surface area (Å²) < 4.78 is 5.13. The fourth-order valence-corrected chi connectivity index (χ4v) is 4.23. The molecule has 1 aliphatic rings. The number of aryl methyl sites for hydroxylation is 2. The number of esters is 1. The number of nitrogens with one attached hydrogen (secondary N) is 2. The van der Waals surface area contributed by atoms with E-state index >= 15 is 0 Å². The molecule has 1 atom stereocenters. The Balaban J connectivity index is 1.54.